The lowest BCUT2D eigenvalue weighted by Crippen LogP contribution is -2.05. The molecule has 0 aliphatic rings. The van der Waals surface area contributed by atoms with E-state index in [4.69, 9.17) is 5.11 Å². The van der Waals surface area contributed by atoms with Crippen LogP contribution in [0.1, 0.15) is 16.1 Å². The lowest BCUT2D eigenvalue weighted by Gasteiger charge is -2.08. The molecule has 8 heteroatoms. The van der Waals surface area contributed by atoms with Crippen LogP contribution in [0.15, 0.2) is 24.3 Å². The summed E-state index contributed by atoms with van der Waals surface area (Å²) >= 11 is 0. The molecular formula is C11H6F4N2O2. The van der Waals surface area contributed by atoms with E-state index < -0.39 is 23.5 Å². The van der Waals surface area contributed by atoms with E-state index in [2.05, 4.69) is 10.2 Å². The number of H-pyrrole nitrogens is 1. The molecule has 1 heterocycles. The van der Waals surface area contributed by atoms with Crippen molar-refractivity contribution in [3.63, 3.8) is 0 Å². The van der Waals surface area contributed by atoms with Gasteiger partial charge in [-0.3, -0.25) is 5.10 Å². The Balaban J connectivity index is 2.50. The molecule has 0 aliphatic heterocycles. The second-order valence-electron chi connectivity index (χ2n) is 3.70. The van der Waals surface area contributed by atoms with Crippen molar-refractivity contribution in [3.8, 4) is 11.3 Å². The van der Waals surface area contributed by atoms with Crippen molar-refractivity contribution in [3.05, 3.63) is 41.3 Å². The molecule has 0 saturated carbocycles. The van der Waals surface area contributed by atoms with Crippen LogP contribution in [0.2, 0.25) is 0 Å². The zero-order chi connectivity index (χ0) is 14.2. The Morgan fingerprint density at radius 2 is 1.89 bits per heavy atom. The van der Waals surface area contributed by atoms with Gasteiger partial charge >= 0.3 is 12.1 Å². The van der Waals surface area contributed by atoms with Gasteiger partial charge in [-0.15, -0.1) is 0 Å². The number of hydrogen-bond donors (Lipinski definition) is 2. The first-order chi connectivity index (χ1) is 8.77. The highest BCUT2D eigenvalue weighted by molar-refractivity contribution is 5.86. The van der Waals surface area contributed by atoms with Crippen LogP contribution in [0.4, 0.5) is 17.6 Å². The molecule has 0 spiro atoms. The SMILES string of the molecule is O=C(O)c1cc(-c2cc(F)cc(C(F)(F)F)c2)n[nH]1. The van der Waals surface area contributed by atoms with E-state index in [-0.39, 0.29) is 17.0 Å². The molecule has 0 unspecified atom stereocenters. The number of hydrogen-bond acceptors (Lipinski definition) is 2. The molecule has 0 amide bonds. The minimum atomic E-state index is -4.69. The summed E-state index contributed by atoms with van der Waals surface area (Å²) in [6.45, 7) is 0. The molecule has 2 N–H and O–H groups in total. The Hall–Kier alpha value is -2.38. The number of nitrogens with one attached hydrogen (secondary N) is 1. The number of halogens is 4. The molecule has 0 bridgehead atoms. The van der Waals surface area contributed by atoms with E-state index in [1.54, 1.807) is 0 Å². The van der Waals surface area contributed by atoms with E-state index in [0.29, 0.717) is 12.1 Å². The second kappa shape index (κ2) is 4.38. The van der Waals surface area contributed by atoms with Gasteiger partial charge in [0.05, 0.1) is 11.3 Å². The fraction of sp³-hybridized carbons (Fsp3) is 0.0909. The van der Waals surface area contributed by atoms with Crippen LogP contribution in [0.5, 0.6) is 0 Å². The number of aromatic carboxylic acids is 1. The summed E-state index contributed by atoms with van der Waals surface area (Å²) in [5.41, 5.74) is -1.70. The average molecular weight is 274 g/mol. The van der Waals surface area contributed by atoms with Gasteiger partial charge in [0, 0.05) is 5.56 Å². The number of carboxylic acid groups (broad SMARTS) is 1. The summed E-state index contributed by atoms with van der Waals surface area (Å²) in [7, 11) is 0. The molecule has 0 fully saturated rings. The summed E-state index contributed by atoms with van der Waals surface area (Å²) < 4.78 is 50.7. The van der Waals surface area contributed by atoms with Crippen molar-refractivity contribution in [2.24, 2.45) is 0 Å². The van der Waals surface area contributed by atoms with Crippen molar-refractivity contribution in [2.45, 2.75) is 6.18 Å². The van der Waals surface area contributed by atoms with E-state index in [1.165, 1.54) is 0 Å². The van der Waals surface area contributed by atoms with Gasteiger partial charge in [-0.25, -0.2) is 9.18 Å². The topological polar surface area (TPSA) is 66.0 Å². The second-order valence-corrected chi connectivity index (χ2v) is 3.70. The summed E-state index contributed by atoms with van der Waals surface area (Å²) in [6, 6.07) is 2.92. The predicted molar refractivity (Wildman–Crippen MR) is 55.9 cm³/mol. The first-order valence-corrected chi connectivity index (χ1v) is 4.94. The molecule has 1 aromatic heterocycles. The summed E-state index contributed by atoms with van der Waals surface area (Å²) in [5.74, 6) is -2.39. The molecule has 1 aromatic carbocycles. The molecule has 0 saturated heterocycles. The van der Waals surface area contributed by atoms with Crippen LogP contribution in [-0.4, -0.2) is 21.3 Å². The highest BCUT2D eigenvalue weighted by Gasteiger charge is 2.31. The van der Waals surface area contributed by atoms with Crippen molar-refractivity contribution in [1.29, 1.82) is 0 Å². The van der Waals surface area contributed by atoms with Crippen molar-refractivity contribution >= 4 is 5.97 Å². The van der Waals surface area contributed by atoms with Crippen molar-refractivity contribution < 1.29 is 27.5 Å². The molecule has 2 rings (SSSR count). The highest BCUT2D eigenvalue weighted by atomic mass is 19.4. The standard InChI is InChI=1S/C11H6F4N2O2/c12-7-2-5(1-6(3-7)11(13,14)15)8-4-9(10(18)19)17-16-8/h1-4H,(H,16,17)(H,18,19). The normalized spacial score (nSPS) is 11.6. The van der Waals surface area contributed by atoms with Crippen LogP contribution in [0.25, 0.3) is 11.3 Å². The minimum absolute atomic E-state index is 0.0811. The van der Waals surface area contributed by atoms with Crippen LogP contribution in [0, 0.1) is 5.82 Å². The number of nitrogens with zero attached hydrogens (tertiary/aromatic N) is 1. The van der Waals surface area contributed by atoms with Gasteiger partial charge in [-0.2, -0.15) is 18.3 Å². The number of carbonyl (C=O) groups is 1. The van der Waals surface area contributed by atoms with Crippen LogP contribution < -0.4 is 0 Å². The van der Waals surface area contributed by atoms with Gasteiger partial charge in [0.2, 0.25) is 0 Å². The number of aromatic amines is 1. The molecule has 19 heavy (non-hydrogen) atoms. The maximum Gasteiger partial charge on any atom is 0.416 e. The Bertz CT molecular complexity index is 634. The number of alkyl halides is 3. The summed E-state index contributed by atoms with van der Waals surface area (Å²) in [6.07, 6.45) is -4.69. The molecule has 0 radical (unpaired) electrons. The van der Waals surface area contributed by atoms with Crippen LogP contribution in [-0.2, 0) is 6.18 Å². The van der Waals surface area contributed by atoms with Gasteiger partial charge in [-0.1, -0.05) is 0 Å². The molecule has 100 valence electrons. The number of benzene rings is 1. The Morgan fingerprint density at radius 1 is 1.21 bits per heavy atom. The van der Waals surface area contributed by atoms with Gasteiger partial charge in [-0.05, 0) is 24.3 Å². The maximum atomic E-state index is 13.2. The van der Waals surface area contributed by atoms with Gasteiger partial charge < -0.3 is 5.11 Å². The number of aromatic nitrogens is 2. The lowest BCUT2D eigenvalue weighted by molar-refractivity contribution is -0.137. The third kappa shape index (κ3) is 2.72. The van der Waals surface area contributed by atoms with Gasteiger partial charge in [0.1, 0.15) is 11.5 Å². The molecule has 4 nitrogen and oxygen atoms in total. The first-order valence-electron chi connectivity index (χ1n) is 4.94. The van der Waals surface area contributed by atoms with Crippen LogP contribution >= 0.6 is 0 Å². The molecule has 2 aromatic rings. The van der Waals surface area contributed by atoms with Crippen LogP contribution in [0.3, 0.4) is 0 Å². The molecular weight excluding hydrogens is 268 g/mol. The Labute approximate surface area is 103 Å². The molecule has 0 atom stereocenters. The van der Waals surface area contributed by atoms with E-state index in [9.17, 15) is 22.4 Å². The minimum Gasteiger partial charge on any atom is -0.477 e. The zero-order valence-electron chi connectivity index (χ0n) is 9.12. The van der Waals surface area contributed by atoms with E-state index >= 15 is 0 Å². The number of carboxylic acids is 1. The first kappa shape index (κ1) is 13.1. The fourth-order valence-electron chi connectivity index (χ4n) is 1.48. The quantitative estimate of drug-likeness (QED) is 0.827. The zero-order valence-corrected chi connectivity index (χ0v) is 9.12. The van der Waals surface area contributed by atoms with Gasteiger partial charge in [0.15, 0.2) is 0 Å². The largest absolute Gasteiger partial charge is 0.477 e. The summed E-state index contributed by atoms with van der Waals surface area (Å²) in [5, 5.41) is 14.3. The number of rotatable bonds is 2. The Kier molecular flexibility index (Phi) is 3.01. The van der Waals surface area contributed by atoms with E-state index in [0.717, 1.165) is 12.1 Å². The predicted octanol–water partition coefficient (Wildman–Crippen LogP) is 2.93. The average Bonchev–Trinajstić information content (AvgIpc) is 2.76. The van der Waals surface area contributed by atoms with Crippen molar-refractivity contribution in [1.82, 2.24) is 10.2 Å². The highest BCUT2D eigenvalue weighted by Crippen LogP contribution is 2.32. The maximum absolute atomic E-state index is 13.2. The third-order valence-corrected chi connectivity index (χ3v) is 2.33. The smallest absolute Gasteiger partial charge is 0.416 e. The summed E-state index contributed by atoms with van der Waals surface area (Å²) in [4.78, 5) is 10.6. The Morgan fingerprint density at radius 3 is 2.42 bits per heavy atom. The third-order valence-electron chi connectivity index (χ3n) is 2.33. The van der Waals surface area contributed by atoms with Gasteiger partial charge in [0.25, 0.3) is 0 Å². The monoisotopic (exact) mass is 274 g/mol. The lowest BCUT2D eigenvalue weighted by atomic mass is 10.1. The van der Waals surface area contributed by atoms with Crippen molar-refractivity contribution in [2.75, 3.05) is 0 Å². The molecule has 0 aliphatic carbocycles. The fourth-order valence-corrected chi connectivity index (χ4v) is 1.48. The van der Waals surface area contributed by atoms with E-state index in [1.807, 2.05) is 0 Å².